The number of alkyl carbamates (subject to hydrolysis) is 1. The molecule has 1 amide bonds. The Hall–Kier alpha value is -1.28. The topological polar surface area (TPSA) is 104 Å². The molecule has 1 rings (SSSR count). The highest BCUT2D eigenvalue weighted by atomic mass is 32.1. The van der Waals surface area contributed by atoms with E-state index in [1.165, 1.54) is 25.6 Å². The largest absolute Gasteiger partial charge is 0.444 e. The van der Waals surface area contributed by atoms with Crippen molar-refractivity contribution in [2.75, 3.05) is 20.4 Å². The van der Waals surface area contributed by atoms with Crippen LogP contribution in [-0.4, -0.2) is 48.9 Å². The van der Waals surface area contributed by atoms with Crippen LogP contribution in [0.3, 0.4) is 0 Å². The fourth-order valence-corrected chi connectivity index (χ4v) is 3.70. The van der Waals surface area contributed by atoms with Gasteiger partial charge in [-0.25, -0.2) is 9.78 Å². The molecule has 0 unspecified atom stereocenters. The van der Waals surface area contributed by atoms with E-state index in [0.29, 0.717) is 5.01 Å². The van der Waals surface area contributed by atoms with E-state index in [2.05, 4.69) is 10.3 Å². The lowest BCUT2D eigenvalue weighted by atomic mass is 10.1. The summed E-state index contributed by atoms with van der Waals surface area (Å²) in [6.45, 7) is 7.00. The fourth-order valence-electron chi connectivity index (χ4n) is 1.87. The molecule has 1 atom stereocenters. The molecule has 0 aliphatic carbocycles. The van der Waals surface area contributed by atoms with Crippen molar-refractivity contribution in [1.29, 1.82) is 0 Å². The number of nitrogens with one attached hydrogen (secondary N) is 1. The van der Waals surface area contributed by atoms with Gasteiger partial charge in [-0.15, -0.1) is 11.3 Å². The van der Waals surface area contributed by atoms with Gasteiger partial charge < -0.3 is 19.1 Å². The van der Waals surface area contributed by atoms with Crippen LogP contribution in [0.1, 0.15) is 31.5 Å². The molecule has 142 valence electrons. The van der Waals surface area contributed by atoms with Crippen molar-refractivity contribution in [3.05, 3.63) is 16.1 Å². The van der Waals surface area contributed by atoms with Gasteiger partial charge in [0.25, 0.3) is 0 Å². The summed E-state index contributed by atoms with van der Waals surface area (Å²) in [6.07, 6.45) is -1.02. The number of carbonyl (C=O) groups excluding carboxylic acids is 2. The third-order valence-corrected chi connectivity index (χ3v) is 5.83. The second kappa shape index (κ2) is 8.89. The van der Waals surface area contributed by atoms with Crippen molar-refractivity contribution in [2.45, 2.75) is 45.8 Å². The van der Waals surface area contributed by atoms with Crippen LogP contribution in [0.2, 0.25) is 0 Å². The highest BCUT2D eigenvalue weighted by Gasteiger charge is 2.32. The van der Waals surface area contributed by atoms with Crippen LogP contribution >= 0.6 is 18.9 Å². The van der Waals surface area contributed by atoms with E-state index >= 15 is 0 Å². The lowest BCUT2D eigenvalue weighted by molar-refractivity contribution is -0.118. The quantitative estimate of drug-likeness (QED) is 0.678. The maximum atomic E-state index is 12.6. The molecule has 1 aromatic rings. The van der Waals surface area contributed by atoms with Gasteiger partial charge in [0, 0.05) is 31.7 Å². The number of rotatable bonds is 8. The summed E-state index contributed by atoms with van der Waals surface area (Å²) in [7, 11) is -1.12. The van der Waals surface area contributed by atoms with Crippen LogP contribution in [0.5, 0.6) is 0 Å². The van der Waals surface area contributed by atoms with E-state index in [9.17, 15) is 14.2 Å². The van der Waals surface area contributed by atoms with Gasteiger partial charge >= 0.3 is 13.7 Å². The molecule has 8 nitrogen and oxygen atoms in total. The molecular weight excluding hydrogens is 367 g/mol. The Balaban J connectivity index is 2.91. The van der Waals surface area contributed by atoms with Gasteiger partial charge in [0.1, 0.15) is 11.8 Å². The SMILES string of the molecule is COP(=O)(CC(=O)[C@H](Cc1nc(C)cs1)NC(=O)OC(C)(C)C)OC. The minimum absolute atomic E-state index is 0.171. The summed E-state index contributed by atoms with van der Waals surface area (Å²) in [5.41, 5.74) is 0.118. The van der Waals surface area contributed by atoms with Crippen molar-refractivity contribution >= 4 is 30.8 Å². The summed E-state index contributed by atoms with van der Waals surface area (Å²) in [4.78, 5) is 28.9. The van der Waals surface area contributed by atoms with Gasteiger partial charge in [0.2, 0.25) is 0 Å². The molecule has 0 saturated carbocycles. The number of hydrogen-bond acceptors (Lipinski definition) is 8. The molecule has 0 aromatic carbocycles. The average Bonchev–Trinajstić information content (AvgIpc) is 2.89. The van der Waals surface area contributed by atoms with Crippen LogP contribution in [0.4, 0.5) is 4.79 Å². The maximum absolute atomic E-state index is 12.6. The summed E-state index contributed by atoms with van der Waals surface area (Å²) < 4.78 is 27.0. The van der Waals surface area contributed by atoms with Crippen molar-refractivity contribution in [2.24, 2.45) is 0 Å². The summed E-state index contributed by atoms with van der Waals surface area (Å²) in [5, 5.41) is 5.05. The van der Waals surface area contributed by atoms with Gasteiger partial charge in [-0.1, -0.05) is 0 Å². The third kappa shape index (κ3) is 7.64. The van der Waals surface area contributed by atoms with Crippen LogP contribution in [-0.2, 0) is 29.6 Å². The van der Waals surface area contributed by atoms with Crippen LogP contribution < -0.4 is 5.32 Å². The minimum atomic E-state index is -3.53. The highest BCUT2D eigenvalue weighted by molar-refractivity contribution is 7.54. The molecule has 0 radical (unpaired) electrons. The standard InChI is InChI=1S/C15H25N2O6PS/c1-10-9-25-13(16-10)7-11(17-14(19)23-15(2,3)4)12(18)8-24(20,21-5)22-6/h9,11H,7-8H2,1-6H3,(H,17,19)/t11-/m0/s1. The molecule has 1 N–H and O–H groups in total. The molecule has 0 aliphatic rings. The smallest absolute Gasteiger partial charge is 0.408 e. The van der Waals surface area contributed by atoms with E-state index in [1.54, 1.807) is 20.8 Å². The Bertz CT molecular complexity index is 647. The Kier molecular flexibility index (Phi) is 7.74. The van der Waals surface area contributed by atoms with Crippen molar-refractivity contribution in [1.82, 2.24) is 10.3 Å². The van der Waals surface area contributed by atoms with Crippen LogP contribution in [0, 0.1) is 6.92 Å². The van der Waals surface area contributed by atoms with Crippen LogP contribution in [0.25, 0.3) is 0 Å². The highest BCUT2D eigenvalue weighted by Crippen LogP contribution is 2.46. The van der Waals surface area contributed by atoms with E-state index in [0.717, 1.165) is 5.69 Å². The number of amides is 1. The van der Waals surface area contributed by atoms with Gasteiger partial charge in [-0.2, -0.15) is 0 Å². The second-order valence-electron chi connectivity index (χ2n) is 6.39. The van der Waals surface area contributed by atoms with Gasteiger partial charge in [-0.05, 0) is 27.7 Å². The molecule has 1 heterocycles. The Morgan fingerprint density at radius 2 is 1.92 bits per heavy atom. The molecule has 0 saturated heterocycles. The number of carbonyl (C=O) groups is 2. The number of thiazole rings is 1. The van der Waals surface area contributed by atoms with Crippen molar-refractivity contribution in [3.8, 4) is 0 Å². The van der Waals surface area contributed by atoms with Crippen LogP contribution in [0.15, 0.2) is 5.38 Å². The lowest BCUT2D eigenvalue weighted by Crippen LogP contribution is -2.45. The number of ketones is 1. The average molecular weight is 392 g/mol. The number of hydrogen-bond donors (Lipinski definition) is 1. The molecule has 0 fully saturated rings. The zero-order valence-electron chi connectivity index (χ0n) is 15.3. The number of ether oxygens (including phenoxy) is 1. The zero-order valence-corrected chi connectivity index (χ0v) is 17.0. The Morgan fingerprint density at radius 1 is 1.32 bits per heavy atom. The fraction of sp³-hybridized carbons (Fsp3) is 0.667. The number of nitrogens with zero attached hydrogens (tertiary/aromatic N) is 1. The molecule has 0 aliphatic heterocycles. The summed E-state index contributed by atoms with van der Waals surface area (Å²) in [6, 6.07) is -0.945. The Morgan fingerprint density at radius 3 is 2.36 bits per heavy atom. The monoisotopic (exact) mass is 392 g/mol. The predicted octanol–water partition coefficient (Wildman–Crippen LogP) is 2.94. The van der Waals surface area contributed by atoms with Crippen molar-refractivity contribution < 1.29 is 27.9 Å². The Labute approximate surface area is 151 Å². The first-order valence-electron chi connectivity index (χ1n) is 7.62. The van der Waals surface area contributed by atoms with E-state index in [1.807, 2.05) is 12.3 Å². The molecule has 1 aromatic heterocycles. The molecule has 0 bridgehead atoms. The first kappa shape index (κ1) is 21.8. The minimum Gasteiger partial charge on any atom is -0.444 e. The zero-order chi connectivity index (χ0) is 19.3. The van der Waals surface area contributed by atoms with Gasteiger partial charge in [0.15, 0.2) is 5.78 Å². The third-order valence-electron chi connectivity index (χ3n) is 3.03. The first-order chi connectivity index (χ1) is 11.5. The van der Waals surface area contributed by atoms with E-state index in [-0.39, 0.29) is 6.42 Å². The molecule has 10 heteroatoms. The van der Waals surface area contributed by atoms with E-state index in [4.69, 9.17) is 13.8 Å². The summed E-state index contributed by atoms with van der Waals surface area (Å²) in [5.74, 6) is -0.481. The van der Waals surface area contributed by atoms with Gasteiger partial charge in [0.05, 0.1) is 11.0 Å². The number of aryl methyl sites for hydroxylation is 1. The number of aromatic nitrogens is 1. The summed E-state index contributed by atoms with van der Waals surface area (Å²) >= 11 is 1.38. The first-order valence-corrected chi connectivity index (χ1v) is 10.2. The molecular formula is C15H25N2O6PS. The molecule has 25 heavy (non-hydrogen) atoms. The van der Waals surface area contributed by atoms with Gasteiger partial charge in [-0.3, -0.25) is 9.36 Å². The molecule has 0 spiro atoms. The van der Waals surface area contributed by atoms with Crippen molar-refractivity contribution in [3.63, 3.8) is 0 Å². The van der Waals surface area contributed by atoms with E-state index < -0.39 is 37.3 Å². The lowest BCUT2D eigenvalue weighted by Gasteiger charge is -2.23. The second-order valence-corrected chi connectivity index (χ2v) is 9.60. The normalized spacial score (nSPS) is 13.4. The maximum Gasteiger partial charge on any atom is 0.408 e. The predicted molar refractivity (Wildman–Crippen MR) is 95.2 cm³/mol. The number of Topliss-reactive ketones (excluding diaryl/α,β-unsaturated/α-hetero) is 1.